The fourth-order valence-electron chi connectivity index (χ4n) is 0.921. The largest absolute Gasteiger partial charge is 0.478 e. The SMILES string of the molecule is O=C(O)C1CN(CCF)C(=O)O1. The number of aliphatic carboxylic acids is 1. The molecule has 1 aliphatic heterocycles. The van der Waals surface area contributed by atoms with Crippen LogP contribution in [0.25, 0.3) is 0 Å². The summed E-state index contributed by atoms with van der Waals surface area (Å²) >= 11 is 0. The minimum atomic E-state index is -1.20. The molecule has 1 atom stereocenters. The molecule has 0 aliphatic carbocycles. The molecule has 68 valence electrons. The topological polar surface area (TPSA) is 66.8 Å². The summed E-state index contributed by atoms with van der Waals surface area (Å²) < 4.78 is 16.2. The Labute approximate surface area is 67.7 Å². The van der Waals surface area contributed by atoms with Gasteiger partial charge in [-0.25, -0.2) is 14.0 Å². The van der Waals surface area contributed by atoms with E-state index in [4.69, 9.17) is 5.11 Å². The molecule has 1 amide bonds. The van der Waals surface area contributed by atoms with E-state index in [1.807, 2.05) is 0 Å². The Morgan fingerprint density at radius 3 is 2.92 bits per heavy atom. The zero-order valence-corrected chi connectivity index (χ0v) is 6.20. The lowest BCUT2D eigenvalue weighted by Gasteiger charge is -2.07. The van der Waals surface area contributed by atoms with Crippen LogP contribution in [0.15, 0.2) is 0 Å². The van der Waals surface area contributed by atoms with E-state index in [2.05, 4.69) is 4.74 Å². The Balaban J connectivity index is 2.50. The molecule has 1 saturated heterocycles. The fourth-order valence-corrected chi connectivity index (χ4v) is 0.921. The third kappa shape index (κ3) is 1.63. The van der Waals surface area contributed by atoms with Crippen LogP contribution in [-0.2, 0) is 9.53 Å². The summed E-state index contributed by atoms with van der Waals surface area (Å²) in [6.07, 6.45) is -1.91. The van der Waals surface area contributed by atoms with E-state index < -0.39 is 24.8 Å². The van der Waals surface area contributed by atoms with Gasteiger partial charge in [-0.2, -0.15) is 0 Å². The fraction of sp³-hybridized carbons (Fsp3) is 0.667. The quantitative estimate of drug-likeness (QED) is 0.651. The first-order valence-electron chi connectivity index (χ1n) is 3.39. The summed E-state index contributed by atoms with van der Waals surface area (Å²) in [5.74, 6) is -1.20. The molecule has 0 aromatic heterocycles. The highest BCUT2D eigenvalue weighted by molar-refractivity contribution is 5.81. The van der Waals surface area contributed by atoms with Crippen LogP contribution in [0.2, 0.25) is 0 Å². The second-order valence-corrected chi connectivity index (χ2v) is 2.35. The Morgan fingerprint density at radius 1 is 1.83 bits per heavy atom. The maximum Gasteiger partial charge on any atom is 0.410 e. The van der Waals surface area contributed by atoms with Gasteiger partial charge in [-0.15, -0.1) is 0 Å². The molecule has 1 heterocycles. The highest BCUT2D eigenvalue weighted by Crippen LogP contribution is 2.10. The van der Waals surface area contributed by atoms with Gasteiger partial charge in [0.25, 0.3) is 0 Å². The van der Waals surface area contributed by atoms with E-state index in [9.17, 15) is 14.0 Å². The van der Waals surface area contributed by atoms with Crippen molar-refractivity contribution in [1.82, 2.24) is 4.90 Å². The molecule has 6 heteroatoms. The number of ether oxygens (including phenoxy) is 1. The van der Waals surface area contributed by atoms with Gasteiger partial charge < -0.3 is 14.7 Å². The molecule has 1 fully saturated rings. The standard InChI is InChI=1S/C6H8FNO4/c7-1-2-8-3-4(5(9)10)12-6(8)11/h4H,1-3H2,(H,9,10). The summed E-state index contributed by atoms with van der Waals surface area (Å²) in [6, 6.07) is 0. The van der Waals surface area contributed by atoms with Crippen LogP contribution in [-0.4, -0.2) is 47.9 Å². The van der Waals surface area contributed by atoms with Crippen molar-refractivity contribution >= 4 is 12.1 Å². The summed E-state index contributed by atoms with van der Waals surface area (Å²) in [5, 5.41) is 8.42. The van der Waals surface area contributed by atoms with E-state index in [0.717, 1.165) is 4.90 Å². The molecule has 0 spiro atoms. The van der Waals surface area contributed by atoms with E-state index in [1.165, 1.54) is 0 Å². The number of hydrogen-bond donors (Lipinski definition) is 1. The lowest BCUT2D eigenvalue weighted by atomic mass is 10.3. The van der Waals surface area contributed by atoms with Crippen LogP contribution in [0, 0.1) is 0 Å². The van der Waals surface area contributed by atoms with Crippen LogP contribution >= 0.6 is 0 Å². The van der Waals surface area contributed by atoms with E-state index >= 15 is 0 Å². The maximum absolute atomic E-state index is 11.7. The second-order valence-electron chi connectivity index (χ2n) is 2.35. The van der Waals surface area contributed by atoms with Crippen LogP contribution in [0.4, 0.5) is 9.18 Å². The van der Waals surface area contributed by atoms with E-state index in [0.29, 0.717) is 0 Å². The predicted molar refractivity (Wildman–Crippen MR) is 35.5 cm³/mol. The van der Waals surface area contributed by atoms with Crippen molar-refractivity contribution in [1.29, 1.82) is 0 Å². The van der Waals surface area contributed by atoms with Crippen molar-refractivity contribution in [2.24, 2.45) is 0 Å². The first kappa shape index (κ1) is 8.76. The first-order chi connectivity index (χ1) is 5.65. The van der Waals surface area contributed by atoms with Crippen molar-refractivity contribution < 1.29 is 23.8 Å². The highest BCUT2D eigenvalue weighted by atomic mass is 19.1. The number of amides is 1. The molecule has 0 aromatic rings. The van der Waals surface area contributed by atoms with E-state index in [1.54, 1.807) is 0 Å². The van der Waals surface area contributed by atoms with Gasteiger partial charge in [-0.3, -0.25) is 0 Å². The summed E-state index contributed by atoms with van der Waals surface area (Å²) in [6.45, 7) is -0.873. The number of rotatable bonds is 3. The van der Waals surface area contributed by atoms with E-state index in [-0.39, 0.29) is 13.1 Å². The van der Waals surface area contributed by atoms with Crippen molar-refractivity contribution in [2.75, 3.05) is 19.8 Å². The molecule has 1 aliphatic rings. The van der Waals surface area contributed by atoms with Crippen LogP contribution < -0.4 is 0 Å². The zero-order chi connectivity index (χ0) is 9.14. The van der Waals surface area contributed by atoms with Crippen molar-refractivity contribution in [3.63, 3.8) is 0 Å². The molecule has 1 N–H and O–H groups in total. The van der Waals surface area contributed by atoms with Gasteiger partial charge in [0.1, 0.15) is 6.67 Å². The van der Waals surface area contributed by atoms with Gasteiger partial charge in [0.05, 0.1) is 13.1 Å². The smallest absolute Gasteiger partial charge is 0.410 e. The number of hydrogen-bond acceptors (Lipinski definition) is 3. The number of carboxylic acids is 1. The Kier molecular flexibility index (Phi) is 2.47. The summed E-state index contributed by atoms with van der Waals surface area (Å²) in [4.78, 5) is 22.1. The molecule has 0 saturated carbocycles. The minimum Gasteiger partial charge on any atom is -0.478 e. The number of carbonyl (C=O) groups excluding carboxylic acids is 1. The van der Waals surface area contributed by atoms with Gasteiger partial charge in [0.2, 0.25) is 6.10 Å². The van der Waals surface area contributed by atoms with Gasteiger partial charge in [0.15, 0.2) is 0 Å². The third-order valence-corrected chi connectivity index (χ3v) is 1.52. The number of cyclic esters (lactones) is 1. The van der Waals surface area contributed by atoms with Crippen LogP contribution in [0.3, 0.4) is 0 Å². The normalized spacial score (nSPS) is 22.6. The zero-order valence-electron chi connectivity index (χ0n) is 6.20. The Hall–Kier alpha value is -1.33. The number of carbonyl (C=O) groups is 2. The van der Waals surface area contributed by atoms with Crippen LogP contribution in [0.1, 0.15) is 0 Å². The molecular weight excluding hydrogens is 169 g/mol. The number of nitrogens with zero attached hydrogens (tertiary/aromatic N) is 1. The number of halogens is 1. The molecule has 12 heavy (non-hydrogen) atoms. The van der Waals surface area contributed by atoms with Crippen molar-refractivity contribution in [2.45, 2.75) is 6.10 Å². The minimum absolute atomic E-state index is 0.0713. The molecular formula is C6H8FNO4. The number of carboxylic acid groups (broad SMARTS) is 1. The average molecular weight is 177 g/mol. The molecule has 0 bridgehead atoms. The lowest BCUT2D eigenvalue weighted by molar-refractivity contribution is -0.144. The molecule has 5 nitrogen and oxygen atoms in total. The first-order valence-corrected chi connectivity index (χ1v) is 3.39. The Morgan fingerprint density at radius 2 is 2.50 bits per heavy atom. The maximum atomic E-state index is 11.7. The molecule has 0 aromatic carbocycles. The van der Waals surface area contributed by atoms with Gasteiger partial charge in [-0.05, 0) is 0 Å². The van der Waals surface area contributed by atoms with Gasteiger partial charge in [0, 0.05) is 0 Å². The highest BCUT2D eigenvalue weighted by Gasteiger charge is 2.35. The summed E-state index contributed by atoms with van der Waals surface area (Å²) in [5.41, 5.74) is 0. The van der Waals surface area contributed by atoms with Crippen LogP contribution in [0.5, 0.6) is 0 Å². The second kappa shape index (κ2) is 3.38. The third-order valence-electron chi connectivity index (χ3n) is 1.52. The monoisotopic (exact) mass is 177 g/mol. The number of alkyl halides is 1. The predicted octanol–water partition coefficient (Wildman–Crippen LogP) is -0.139. The van der Waals surface area contributed by atoms with Crippen molar-refractivity contribution in [3.05, 3.63) is 0 Å². The molecule has 1 unspecified atom stereocenters. The average Bonchev–Trinajstić information content (AvgIpc) is 2.34. The Bertz CT molecular complexity index is 208. The summed E-state index contributed by atoms with van der Waals surface area (Å²) in [7, 11) is 0. The van der Waals surface area contributed by atoms with Crippen molar-refractivity contribution in [3.8, 4) is 0 Å². The van der Waals surface area contributed by atoms with Gasteiger partial charge in [-0.1, -0.05) is 0 Å². The van der Waals surface area contributed by atoms with Gasteiger partial charge >= 0.3 is 12.1 Å². The molecule has 1 rings (SSSR count). The molecule has 0 radical (unpaired) electrons. The lowest BCUT2D eigenvalue weighted by Crippen LogP contribution is -2.29.